The molecule has 1 heterocycles. The number of carbonyl (C=O) groups excluding carboxylic acids is 2. The average Bonchev–Trinajstić information content (AvgIpc) is 2.61. The number of nitrogens with one attached hydrogen (secondary N) is 1. The Hall–Kier alpha value is -2.24. The largest absolute Gasteiger partial charge is 0.494 e. The maximum Gasteiger partial charge on any atom is 0.409 e. The molecule has 1 aromatic carbocycles. The number of nitrogens with zero attached hydrogens (tertiary/aromatic N) is 1. The van der Waals surface area contributed by atoms with E-state index in [1.165, 1.54) is 5.56 Å². The van der Waals surface area contributed by atoms with E-state index in [4.69, 9.17) is 9.47 Å². The van der Waals surface area contributed by atoms with E-state index in [2.05, 4.69) is 5.32 Å². The molecule has 1 fully saturated rings. The van der Waals surface area contributed by atoms with E-state index in [9.17, 15) is 9.59 Å². The monoisotopic (exact) mass is 348 g/mol. The summed E-state index contributed by atoms with van der Waals surface area (Å²) in [6.07, 6.45) is 1.85. The molecule has 25 heavy (non-hydrogen) atoms. The van der Waals surface area contributed by atoms with Crippen LogP contribution >= 0.6 is 0 Å². The predicted octanol–water partition coefficient (Wildman–Crippen LogP) is 2.75. The number of hydrogen-bond acceptors (Lipinski definition) is 4. The lowest BCUT2D eigenvalue weighted by atomic mass is 9.96. The molecule has 1 aliphatic rings. The first-order valence-electron chi connectivity index (χ1n) is 8.99. The molecule has 0 unspecified atom stereocenters. The smallest absolute Gasteiger partial charge is 0.409 e. The summed E-state index contributed by atoms with van der Waals surface area (Å²) >= 11 is 0. The Bertz CT molecular complexity index is 568. The van der Waals surface area contributed by atoms with Gasteiger partial charge in [0, 0.05) is 25.6 Å². The molecule has 6 nitrogen and oxygen atoms in total. The molecular weight excluding hydrogens is 320 g/mol. The molecule has 0 atom stereocenters. The first-order chi connectivity index (χ1) is 12.1. The summed E-state index contributed by atoms with van der Waals surface area (Å²) < 4.78 is 10.7. The van der Waals surface area contributed by atoms with Crippen LogP contribution in [-0.2, 0) is 9.53 Å². The summed E-state index contributed by atoms with van der Waals surface area (Å²) in [5, 5.41) is 2.97. The van der Waals surface area contributed by atoms with E-state index in [1.54, 1.807) is 11.8 Å². The normalized spacial score (nSPS) is 14.9. The summed E-state index contributed by atoms with van der Waals surface area (Å²) in [5.41, 5.74) is 1.17. The molecule has 0 aliphatic carbocycles. The molecule has 1 aliphatic heterocycles. The van der Waals surface area contributed by atoms with Crippen molar-refractivity contribution in [3.63, 3.8) is 0 Å². The van der Waals surface area contributed by atoms with Crippen LogP contribution < -0.4 is 10.1 Å². The van der Waals surface area contributed by atoms with Crippen molar-refractivity contribution in [2.45, 2.75) is 33.1 Å². The Balaban J connectivity index is 1.59. The maximum atomic E-state index is 12.2. The van der Waals surface area contributed by atoms with Crippen LogP contribution in [0, 0.1) is 12.8 Å². The van der Waals surface area contributed by atoms with Crippen molar-refractivity contribution in [1.82, 2.24) is 10.2 Å². The van der Waals surface area contributed by atoms with E-state index in [0.717, 1.165) is 12.2 Å². The Kier molecular flexibility index (Phi) is 7.57. The zero-order chi connectivity index (χ0) is 18.1. The van der Waals surface area contributed by atoms with Gasteiger partial charge in [0.25, 0.3) is 0 Å². The zero-order valence-corrected chi connectivity index (χ0v) is 15.1. The van der Waals surface area contributed by atoms with Gasteiger partial charge in [-0.3, -0.25) is 4.79 Å². The van der Waals surface area contributed by atoms with Crippen LogP contribution in [-0.4, -0.2) is 49.7 Å². The van der Waals surface area contributed by atoms with Crippen LogP contribution in [0.25, 0.3) is 0 Å². The van der Waals surface area contributed by atoms with Crippen LogP contribution in [0.5, 0.6) is 5.75 Å². The number of likely N-dealkylation sites (tertiary alicyclic amines) is 1. The van der Waals surface area contributed by atoms with Gasteiger partial charge in [-0.2, -0.15) is 0 Å². The number of amides is 2. The fourth-order valence-electron chi connectivity index (χ4n) is 2.86. The number of aryl methyl sites for hydroxylation is 1. The predicted molar refractivity (Wildman–Crippen MR) is 95.6 cm³/mol. The van der Waals surface area contributed by atoms with Crippen LogP contribution in [0.4, 0.5) is 4.79 Å². The Morgan fingerprint density at radius 1 is 1.28 bits per heavy atom. The Morgan fingerprint density at radius 3 is 2.72 bits per heavy atom. The SMILES string of the molecule is CCOC(=O)N1CCC(C(=O)NCCCOc2cccc(C)c2)CC1. The second-order valence-corrected chi connectivity index (χ2v) is 6.27. The second kappa shape index (κ2) is 9.91. The van der Waals surface area contributed by atoms with Gasteiger partial charge in [0.2, 0.25) is 5.91 Å². The highest BCUT2D eigenvalue weighted by atomic mass is 16.6. The number of ether oxygens (including phenoxy) is 2. The van der Waals surface area contributed by atoms with Gasteiger partial charge < -0.3 is 19.7 Å². The first kappa shape index (κ1) is 19.1. The molecule has 1 N–H and O–H groups in total. The van der Waals surface area contributed by atoms with Crippen LogP contribution in [0.1, 0.15) is 31.7 Å². The minimum Gasteiger partial charge on any atom is -0.494 e. The molecule has 2 amide bonds. The third kappa shape index (κ3) is 6.29. The van der Waals surface area contributed by atoms with Crippen LogP contribution in [0.3, 0.4) is 0 Å². The van der Waals surface area contributed by atoms with Crippen molar-refractivity contribution in [3.05, 3.63) is 29.8 Å². The Labute approximate surface area is 149 Å². The van der Waals surface area contributed by atoms with Crippen molar-refractivity contribution in [3.8, 4) is 5.75 Å². The van der Waals surface area contributed by atoms with E-state index >= 15 is 0 Å². The van der Waals surface area contributed by atoms with E-state index < -0.39 is 0 Å². The van der Waals surface area contributed by atoms with Crippen molar-refractivity contribution < 1.29 is 19.1 Å². The van der Waals surface area contributed by atoms with Gasteiger partial charge in [-0.1, -0.05) is 12.1 Å². The second-order valence-electron chi connectivity index (χ2n) is 6.27. The molecule has 0 saturated carbocycles. The minimum absolute atomic E-state index is 0.0247. The van der Waals surface area contributed by atoms with Crippen molar-refractivity contribution in [2.24, 2.45) is 5.92 Å². The molecule has 0 spiro atoms. The van der Waals surface area contributed by atoms with E-state index in [1.807, 2.05) is 31.2 Å². The van der Waals surface area contributed by atoms with Gasteiger partial charge >= 0.3 is 6.09 Å². The molecule has 1 saturated heterocycles. The van der Waals surface area contributed by atoms with Gasteiger partial charge in [0.15, 0.2) is 0 Å². The zero-order valence-electron chi connectivity index (χ0n) is 15.1. The molecule has 1 aromatic rings. The molecule has 6 heteroatoms. The van der Waals surface area contributed by atoms with Crippen molar-refractivity contribution in [1.29, 1.82) is 0 Å². The quantitative estimate of drug-likeness (QED) is 0.770. The topological polar surface area (TPSA) is 67.9 Å². The number of benzene rings is 1. The highest BCUT2D eigenvalue weighted by Crippen LogP contribution is 2.18. The molecule has 0 radical (unpaired) electrons. The minimum atomic E-state index is -0.283. The number of rotatable bonds is 7. The summed E-state index contributed by atoms with van der Waals surface area (Å²) in [6.45, 7) is 6.53. The molecule has 0 bridgehead atoms. The van der Waals surface area contributed by atoms with E-state index in [0.29, 0.717) is 45.7 Å². The van der Waals surface area contributed by atoms with Gasteiger partial charge in [-0.25, -0.2) is 4.79 Å². The molecule has 138 valence electrons. The highest BCUT2D eigenvalue weighted by Gasteiger charge is 2.27. The highest BCUT2D eigenvalue weighted by molar-refractivity contribution is 5.79. The fraction of sp³-hybridized carbons (Fsp3) is 0.579. The average molecular weight is 348 g/mol. The van der Waals surface area contributed by atoms with E-state index in [-0.39, 0.29) is 17.9 Å². The number of carbonyl (C=O) groups is 2. The lowest BCUT2D eigenvalue weighted by Gasteiger charge is -2.30. The third-order valence-electron chi connectivity index (χ3n) is 4.27. The van der Waals surface area contributed by atoms with Crippen molar-refractivity contribution in [2.75, 3.05) is 32.8 Å². The summed E-state index contributed by atoms with van der Waals surface area (Å²) in [4.78, 5) is 25.5. The lowest BCUT2D eigenvalue weighted by molar-refractivity contribution is -0.126. The number of piperidine rings is 1. The maximum absolute atomic E-state index is 12.2. The first-order valence-corrected chi connectivity index (χ1v) is 8.99. The fourth-order valence-corrected chi connectivity index (χ4v) is 2.86. The van der Waals surface area contributed by atoms with Gasteiger partial charge in [0.05, 0.1) is 13.2 Å². The van der Waals surface area contributed by atoms with Gasteiger partial charge in [-0.15, -0.1) is 0 Å². The van der Waals surface area contributed by atoms with Gasteiger partial charge in [-0.05, 0) is 50.8 Å². The molecule has 2 rings (SSSR count). The van der Waals surface area contributed by atoms with Crippen LogP contribution in [0.15, 0.2) is 24.3 Å². The standard InChI is InChI=1S/C19H28N2O4/c1-3-24-19(23)21-11-8-16(9-12-21)18(22)20-10-5-13-25-17-7-4-6-15(2)14-17/h4,6-7,14,16H,3,5,8-13H2,1-2H3,(H,20,22). The summed E-state index contributed by atoms with van der Waals surface area (Å²) in [6, 6.07) is 7.92. The number of hydrogen-bond donors (Lipinski definition) is 1. The summed E-state index contributed by atoms with van der Waals surface area (Å²) in [7, 11) is 0. The van der Waals surface area contributed by atoms with Crippen LogP contribution in [0.2, 0.25) is 0 Å². The third-order valence-corrected chi connectivity index (χ3v) is 4.27. The lowest BCUT2D eigenvalue weighted by Crippen LogP contribution is -2.43. The Morgan fingerprint density at radius 2 is 2.04 bits per heavy atom. The van der Waals surface area contributed by atoms with Crippen molar-refractivity contribution >= 4 is 12.0 Å². The molecule has 0 aromatic heterocycles. The summed E-state index contributed by atoms with van der Waals surface area (Å²) in [5.74, 6) is 0.903. The van der Waals surface area contributed by atoms with Gasteiger partial charge in [0.1, 0.15) is 5.75 Å². The molecular formula is C19H28N2O4.